The van der Waals surface area contributed by atoms with Crippen LogP contribution in [0.3, 0.4) is 0 Å². The Kier molecular flexibility index (Phi) is 21.3. The predicted molar refractivity (Wildman–Crippen MR) is 129 cm³/mol. The van der Waals surface area contributed by atoms with Crippen LogP contribution in [0.15, 0.2) is 0 Å². The fourth-order valence-corrected chi connectivity index (χ4v) is 5.15. The van der Waals surface area contributed by atoms with Crippen molar-refractivity contribution in [2.24, 2.45) is 0 Å². The second kappa shape index (κ2) is 20.8. The van der Waals surface area contributed by atoms with Crippen molar-refractivity contribution in [1.29, 1.82) is 0 Å². The van der Waals surface area contributed by atoms with E-state index in [1.54, 1.807) is 0 Å². The van der Waals surface area contributed by atoms with Gasteiger partial charge in [-0.15, -0.1) is 0 Å². The standard InChI is InChI=1S/C23H49BrO3Si/c1-5-7-9-11-13-18-22-26-28(3,4)27-23(19-15-14-16-20-24)25-21-17-12-10-8-6-2/h23H,5-22H2,1-4H3. The smallest absolute Gasteiger partial charge is 0.333 e. The first-order valence-electron chi connectivity index (χ1n) is 12.0. The van der Waals surface area contributed by atoms with Crippen molar-refractivity contribution in [2.75, 3.05) is 18.5 Å². The van der Waals surface area contributed by atoms with Gasteiger partial charge in [-0.1, -0.05) is 94.0 Å². The molecule has 0 aliphatic rings. The van der Waals surface area contributed by atoms with Crippen molar-refractivity contribution in [3.05, 3.63) is 0 Å². The fraction of sp³-hybridized carbons (Fsp3) is 1.00. The number of ether oxygens (including phenoxy) is 1. The Labute approximate surface area is 186 Å². The van der Waals surface area contributed by atoms with Gasteiger partial charge in [0.25, 0.3) is 0 Å². The molecule has 0 amide bonds. The van der Waals surface area contributed by atoms with Crippen LogP contribution in [-0.4, -0.2) is 33.4 Å². The zero-order valence-electron chi connectivity index (χ0n) is 19.4. The van der Waals surface area contributed by atoms with Gasteiger partial charge in [-0.05, 0) is 45.2 Å². The Bertz CT molecular complexity index is 316. The molecule has 0 heterocycles. The molecule has 0 N–H and O–H groups in total. The third-order valence-electron chi connectivity index (χ3n) is 4.99. The van der Waals surface area contributed by atoms with Crippen LogP contribution in [0.2, 0.25) is 13.1 Å². The Morgan fingerprint density at radius 3 is 1.82 bits per heavy atom. The first kappa shape index (κ1) is 28.6. The van der Waals surface area contributed by atoms with E-state index in [1.165, 1.54) is 70.6 Å². The predicted octanol–water partition coefficient (Wildman–Crippen LogP) is 8.35. The molecule has 1 atom stereocenters. The van der Waals surface area contributed by atoms with E-state index < -0.39 is 8.56 Å². The number of alkyl halides is 1. The maximum atomic E-state index is 6.37. The number of halogens is 1. The van der Waals surface area contributed by atoms with Crippen LogP contribution in [0.25, 0.3) is 0 Å². The molecular formula is C23H49BrO3Si. The normalized spacial score (nSPS) is 13.2. The Morgan fingerprint density at radius 2 is 1.21 bits per heavy atom. The van der Waals surface area contributed by atoms with Crippen LogP contribution in [0.4, 0.5) is 0 Å². The molecule has 0 aliphatic heterocycles. The average Bonchev–Trinajstić information content (AvgIpc) is 2.66. The third-order valence-corrected chi connectivity index (χ3v) is 7.28. The molecule has 0 aromatic rings. The molecule has 0 radical (unpaired) electrons. The maximum absolute atomic E-state index is 6.37. The molecule has 0 bridgehead atoms. The van der Waals surface area contributed by atoms with Crippen LogP contribution in [0.5, 0.6) is 0 Å². The number of rotatable bonds is 22. The van der Waals surface area contributed by atoms with Gasteiger partial charge in [0.05, 0.1) is 0 Å². The van der Waals surface area contributed by atoms with Crippen molar-refractivity contribution in [2.45, 2.75) is 130 Å². The van der Waals surface area contributed by atoms with Crippen LogP contribution in [0.1, 0.15) is 110 Å². The summed E-state index contributed by atoms with van der Waals surface area (Å²) >= 11 is 3.52. The summed E-state index contributed by atoms with van der Waals surface area (Å²) in [6, 6.07) is 0. The van der Waals surface area contributed by atoms with E-state index in [4.69, 9.17) is 13.6 Å². The molecule has 3 nitrogen and oxygen atoms in total. The lowest BCUT2D eigenvalue weighted by Crippen LogP contribution is -2.40. The van der Waals surface area contributed by atoms with Gasteiger partial charge in [-0.2, -0.15) is 0 Å². The van der Waals surface area contributed by atoms with E-state index in [1.807, 2.05) is 0 Å². The van der Waals surface area contributed by atoms with Crippen molar-refractivity contribution >= 4 is 24.5 Å². The minimum Gasteiger partial charge on any atom is -0.394 e. The molecule has 0 saturated carbocycles. The number of hydrogen-bond acceptors (Lipinski definition) is 3. The Balaban J connectivity index is 4.12. The molecule has 0 aromatic heterocycles. The summed E-state index contributed by atoms with van der Waals surface area (Å²) in [5.41, 5.74) is 0. The highest BCUT2D eigenvalue weighted by Gasteiger charge is 2.29. The highest BCUT2D eigenvalue weighted by atomic mass is 79.9. The van der Waals surface area contributed by atoms with Crippen molar-refractivity contribution in [3.8, 4) is 0 Å². The average molecular weight is 482 g/mol. The molecule has 0 aromatic carbocycles. The monoisotopic (exact) mass is 480 g/mol. The molecule has 170 valence electrons. The summed E-state index contributed by atoms with van der Waals surface area (Å²) < 4.78 is 18.7. The van der Waals surface area contributed by atoms with Gasteiger partial charge in [0, 0.05) is 18.5 Å². The third kappa shape index (κ3) is 19.9. The largest absolute Gasteiger partial charge is 0.394 e. The van der Waals surface area contributed by atoms with Gasteiger partial charge >= 0.3 is 8.56 Å². The van der Waals surface area contributed by atoms with Crippen LogP contribution >= 0.6 is 15.9 Å². The highest BCUT2D eigenvalue weighted by molar-refractivity contribution is 9.09. The van der Waals surface area contributed by atoms with E-state index in [0.717, 1.165) is 44.2 Å². The zero-order chi connectivity index (χ0) is 20.9. The van der Waals surface area contributed by atoms with Crippen molar-refractivity contribution in [3.63, 3.8) is 0 Å². The lowest BCUT2D eigenvalue weighted by Gasteiger charge is -2.29. The van der Waals surface area contributed by atoms with E-state index >= 15 is 0 Å². The molecule has 28 heavy (non-hydrogen) atoms. The van der Waals surface area contributed by atoms with Gasteiger partial charge in [0.15, 0.2) is 0 Å². The summed E-state index contributed by atoms with van der Waals surface area (Å²) in [5, 5.41) is 1.08. The maximum Gasteiger partial charge on any atom is 0.333 e. The second-order valence-corrected chi connectivity index (χ2v) is 12.5. The van der Waals surface area contributed by atoms with E-state index in [9.17, 15) is 0 Å². The molecule has 0 aliphatic carbocycles. The number of hydrogen-bond donors (Lipinski definition) is 0. The van der Waals surface area contributed by atoms with Gasteiger partial charge in [-0.3, -0.25) is 0 Å². The van der Waals surface area contributed by atoms with Gasteiger partial charge in [-0.25, -0.2) is 0 Å². The fourth-order valence-electron chi connectivity index (χ4n) is 3.23. The molecule has 0 fully saturated rings. The number of unbranched alkanes of at least 4 members (excludes halogenated alkanes) is 11. The van der Waals surface area contributed by atoms with E-state index in [2.05, 4.69) is 42.9 Å². The highest BCUT2D eigenvalue weighted by Crippen LogP contribution is 2.18. The first-order chi connectivity index (χ1) is 13.6. The molecule has 0 saturated heterocycles. The lowest BCUT2D eigenvalue weighted by molar-refractivity contribution is -0.104. The lowest BCUT2D eigenvalue weighted by atomic mass is 10.1. The van der Waals surface area contributed by atoms with Crippen molar-refractivity contribution in [1.82, 2.24) is 0 Å². The minimum absolute atomic E-state index is 0.0901. The summed E-state index contributed by atoms with van der Waals surface area (Å²) in [7, 11) is -2.13. The molecule has 5 heteroatoms. The topological polar surface area (TPSA) is 27.7 Å². The summed E-state index contributed by atoms with van der Waals surface area (Å²) in [6.45, 7) is 10.5. The quantitative estimate of drug-likeness (QED) is 0.0673. The van der Waals surface area contributed by atoms with Crippen molar-refractivity contribution < 1.29 is 13.6 Å². The zero-order valence-corrected chi connectivity index (χ0v) is 22.0. The van der Waals surface area contributed by atoms with Crippen LogP contribution in [0, 0.1) is 0 Å². The summed E-state index contributed by atoms with van der Waals surface area (Å²) in [5.74, 6) is 0. The van der Waals surface area contributed by atoms with Gasteiger partial charge < -0.3 is 13.6 Å². The van der Waals surface area contributed by atoms with E-state index in [-0.39, 0.29) is 6.29 Å². The SMILES string of the molecule is CCCCCCCCO[Si](C)(C)OC(CCCCCBr)OCCCCCCC. The Hall–Kier alpha value is 0.577. The molecule has 0 spiro atoms. The molecule has 1 unspecified atom stereocenters. The minimum atomic E-state index is -2.13. The van der Waals surface area contributed by atoms with Gasteiger partial charge in [0.2, 0.25) is 0 Å². The van der Waals surface area contributed by atoms with Gasteiger partial charge in [0.1, 0.15) is 6.29 Å². The van der Waals surface area contributed by atoms with Crippen LogP contribution < -0.4 is 0 Å². The second-order valence-electron chi connectivity index (χ2n) is 8.39. The first-order valence-corrected chi connectivity index (χ1v) is 16.0. The summed E-state index contributed by atoms with van der Waals surface area (Å²) in [6.07, 6.45) is 18.6. The van der Waals surface area contributed by atoms with E-state index in [0.29, 0.717) is 0 Å². The molecular weight excluding hydrogens is 432 g/mol. The Morgan fingerprint density at radius 1 is 0.679 bits per heavy atom. The summed E-state index contributed by atoms with van der Waals surface area (Å²) in [4.78, 5) is 0. The van der Waals surface area contributed by atoms with Crippen LogP contribution in [-0.2, 0) is 13.6 Å². The molecule has 0 rings (SSSR count).